The molecule has 1 saturated heterocycles. The van der Waals surface area contributed by atoms with Crippen molar-refractivity contribution in [1.82, 2.24) is 5.32 Å². The third-order valence-corrected chi connectivity index (χ3v) is 10.0. The second-order valence-electron chi connectivity index (χ2n) is 10.1. The van der Waals surface area contributed by atoms with E-state index >= 15 is 0 Å². The van der Waals surface area contributed by atoms with Crippen LogP contribution < -0.4 is 19.8 Å². The van der Waals surface area contributed by atoms with Crippen molar-refractivity contribution in [1.29, 1.82) is 4.78 Å². The number of nitrogens with one attached hydrogen (secondary N) is 3. The molecule has 1 heterocycles. The molecule has 3 rings (SSSR count). The highest BCUT2D eigenvalue weighted by molar-refractivity contribution is 7.92. The summed E-state index contributed by atoms with van der Waals surface area (Å²) in [6.07, 6.45) is 5.17. The summed E-state index contributed by atoms with van der Waals surface area (Å²) in [6.45, 7) is 7.51. The highest BCUT2D eigenvalue weighted by atomic mass is 32.2. The van der Waals surface area contributed by atoms with Gasteiger partial charge in [0.2, 0.25) is 10.0 Å². The van der Waals surface area contributed by atoms with Crippen LogP contribution >= 0.6 is 0 Å². The number of benzene rings is 2. The van der Waals surface area contributed by atoms with Gasteiger partial charge >= 0.3 is 0 Å². The summed E-state index contributed by atoms with van der Waals surface area (Å²) in [5, 5.41) is 6.14. The number of anilines is 3. The van der Waals surface area contributed by atoms with Crippen LogP contribution in [0.25, 0.3) is 0 Å². The number of amides is 1. The van der Waals surface area contributed by atoms with Crippen LogP contribution in [0.2, 0.25) is 0 Å². The maximum Gasteiger partial charge on any atom is 0.257 e. The molecule has 2 atom stereocenters. The maximum absolute atomic E-state index is 13.4. The Balaban J connectivity index is 1.79. The van der Waals surface area contributed by atoms with Gasteiger partial charge in [0.1, 0.15) is 0 Å². The van der Waals surface area contributed by atoms with Crippen molar-refractivity contribution in [2.24, 2.45) is 5.92 Å². The van der Waals surface area contributed by atoms with E-state index in [1.165, 1.54) is 7.05 Å². The molecule has 0 aliphatic carbocycles. The summed E-state index contributed by atoms with van der Waals surface area (Å²) in [4.78, 5) is 16.0. The first kappa shape index (κ1) is 29.9. The van der Waals surface area contributed by atoms with E-state index in [0.29, 0.717) is 22.3 Å². The van der Waals surface area contributed by atoms with Crippen molar-refractivity contribution in [3.8, 4) is 0 Å². The van der Waals surface area contributed by atoms with Gasteiger partial charge in [0, 0.05) is 55.2 Å². The van der Waals surface area contributed by atoms with Gasteiger partial charge in [0.15, 0.2) is 0 Å². The van der Waals surface area contributed by atoms with Crippen molar-refractivity contribution in [2.45, 2.75) is 44.4 Å². The number of nitrogens with zero attached hydrogens (tertiary/aromatic N) is 2. The monoisotopic (exact) mass is 563 g/mol. The number of carbonyl (C=O) groups is 1. The number of hydrogen-bond acceptors (Lipinski definition) is 7. The van der Waals surface area contributed by atoms with Crippen molar-refractivity contribution in [3.63, 3.8) is 0 Å². The third kappa shape index (κ3) is 7.94. The van der Waals surface area contributed by atoms with Gasteiger partial charge in [-0.3, -0.25) is 9.10 Å². The standard InChI is InChI=1S/C27H41N5O4S2/c1-5-6-7-21(2)14-19-38(28,36)24-11-8-22(9-12-24)30-27(33)25-20-23(32-17-15-29-16-18-32)10-13-26(25)31(3)37(4,34)35/h8-13,20-21,28-29H,5-7,14-19H2,1-4H3,(H,30,33)/t21-,38?/m0/s1. The number of piperazine rings is 1. The molecular weight excluding hydrogens is 522 g/mol. The highest BCUT2D eigenvalue weighted by Crippen LogP contribution is 2.29. The predicted molar refractivity (Wildman–Crippen MR) is 156 cm³/mol. The highest BCUT2D eigenvalue weighted by Gasteiger charge is 2.23. The molecule has 11 heteroatoms. The number of hydrogen-bond donors (Lipinski definition) is 3. The van der Waals surface area contributed by atoms with Crippen LogP contribution in [-0.2, 0) is 19.8 Å². The lowest BCUT2D eigenvalue weighted by atomic mass is 10.0. The smallest absolute Gasteiger partial charge is 0.257 e. The zero-order chi connectivity index (χ0) is 27.9. The molecule has 1 fully saturated rings. The molecule has 0 bridgehead atoms. The molecule has 0 radical (unpaired) electrons. The number of rotatable bonds is 12. The Morgan fingerprint density at radius 2 is 1.76 bits per heavy atom. The Bertz CT molecular complexity index is 1310. The minimum atomic E-state index is -3.58. The van der Waals surface area contributed by atoms with E-state index in [1.54, 1.807) is 36.4 Å². The molecule has 1 aliphatic rings. The van der Waals surface area contributed by atoms with Crippen LogP contribution in [0, 0.1) is 10.7 Å². The molecule has 0 saturated carbocycles. The van der Waals surface area contributed by atoms with Crippen molar-refractivity contribution in [2.75, 3.05) is 59.8 Å². The molecule has 38 heavy (non-hydrogen) atoms. The van der Waals surface area contributed by atoms with E-state index in [4.69, 9.17) is 4.78 Å². The Labute approximate surface area is 228 Å². The van der Waals surface area contributed by atoms with Gasteiger partial charge in [-0.25, -0.2) is 17.4 Å². The van der Waals surface area contributed by atoms with Gasteiger partial charge < -0.3 is 15.5 Å². The van der Waals surface area contributed by atoms with E-state index in [2.05, 4.69) is 29.4 Å². The van der Waals surface area contributed by atoms with E-state index in [-0.39, 0.29) is 11.3 Å². The van der Waals surface area contributed by atoms with Gasteiger partial charge in [-0.2, -0.15) is 0 Å². The van der Waals surface area contributed by atoms with Crippen LogP contribution in [0.5, 0.6) is 0 Å². The summed E-state index contributed by atoms with van der Waals surface area (Å²) < 4.78 is 47.1. The lowest BCUT2D eigenvalue weighted by Crippen LogP contribution is -2.43. The minimum absolute atomic E-state index is 0.239. The van der Waals surface area contributed by atoms with Gasteiger partial charge in [-0.05, 0) is 54.8 Å². The topological polar surface area (TPSA) is 123 Å². The normalized spacial score (nSPS) is 16.5. The first-order valence-corrected chi connectivity index (χ1v) is 16.7. The SMILES string of the molecule is CCCC[C@H](C)CCS(=N)(=O)c1ccc(NC(=O)c2cc(N3CCNCC3)ccc2N(C)S(C)(=O)=O)cc1. The second-order valence-corrected chi connectivity index (χ2v) is 14.3. The Morgan fingerprint density at radius 3 is 2.37 bits per heavy atom. The fourth-order valence-corrected chi connectivity index (χ4v) is 6.48. The molecule has 210 valence electrons. The van der Waals surface area contributed by atoms with Gasteiger partial charge in [-0.1, -0.05) is 33.1 Å². The van der Waals surface area contributed by atoms with Crippen molar-refractivity contribution >= 4 is 42.7 Å². The predicted octanol–water partition coefficient (Wildman–Crippen LogP) is 4.37. The lowest BCUT2D eigenvalue weighted by molar-refractivity contribution is 0.102. The first-order valence-electron chi connectivity index (χ1n) is 13.1. The summed E-state index contributed by atoms with van der Waals surface area (Å²) >= 11 is 0. The van der Waals surface area contributed by atoms with Crippen LogP contribution in [0.4, 0.5) is 17.1 Å². The Morgan fingerprint density at radius 1 is 1.11 bits per heavy atom. The molecular formula is C27H41N5O4S2. The van der Waals surface area contributed by atoms with Crippen LogP contribution in [0.3, 0.4) is 0 Å². The summed E-state index contributed by atoms with van der Waals surface area (Å²) in [5.74, 6) is 0.288. The molecule has 2 aromatic rings. The summed E-state index contributed by atoms with van der Waals surface area (Å²) in [5.41, 5.74) is 1.85. The van der Waals surface area contributed by atoms with E-state index in [9.17, 15) is 17.4 Å². The fraction of sp³-hybridized carbons (Fsp3) is 0.519. The van der Waals surface area contributed by atoms with Gasteiger partial charge in [0.05, 0.1) is 27.2 Å². The second kappa shape index (κ2) is 12.9. The van der Waals surface area contributed by atoms with E-state index in [1.807, 2.05) is 6.07 Å². The molecule has 0 aromatic heterocycles. The molecule has 9 nitrogen and oxygen atoms in total. The fourth-order valence-electron chi connectivity index (χ4n) is 4.42. The molecule has 0 spiro atoms. The van der Waals surface area contributed by atoms with Crippen LogP contribution in [0.15, 0.2) is 47.4 Å². The van der Waals surface area contributed by atoms with Gasteiger partial charge in [-0.15, -0.1) is 0 Å². The molecule has 1 aliphatic heterocycles. The summed E-state index contributed by atoms with van der Waals surface area (Å²) in [7, 11) is -5.09. The zero-order valence-corrected chi connectivity index (χ0v) is 24.5. The van der Waals surface area contributed by atoms with Crippen molar-refractivity contribution < 1.29 is 17.4 Å². The quantitative estimate of drug-likeness (QED) is 0.353. The molecule has 1 amide bonds. The number of carbonyl (C=O) groups excluding carboxylic acids is 1. The average Bonchev–Trinajstić information content (AvgIpc) is 2.90. The van der Waals surface area contributed by atoms with E-state index in [0.717, 1.165) is 68.1 Å². The van der Waals surface area contributed by atoms with Crippen LogP contribution in [0.1, 0.15) is 49.9 Å². The molecule has 1 unspecified atom stereocenters. The maximum atomic E-state index is 13.4. The van der Waals surface area contributed by atoms with Gasteiger partial charge in [0.25, 0.3) is 5.91 Å². The summed E-state index contributed by atoms with van der Waals surface area (Å²) in [6, 6.07) is 11.8. The van der Waals surface area contributed by atoms with E-state index < -0.39 is 25.7 Å². The number of sulfonamides is 1. The Kier molecular flexibility index (Phi) is 10.2. The largest absolute Gasteiger partial charge is 0.369 e. The number of unbranched alkanes of at least 4 members (excludes halogenated alkanes) is 1. The zero-order valence-electron chi connectivity index (χ0n) is 22.8. The molecule has 3 N–H and O–H groups in total. The van der Waals surface area contributed by atoms with Crippen LogP contribution in [-0.4, -0.2) is 63.8 Å². The lowest BCUT2D eigenvalue weighted by Gasteiger charge is -2.30. The van der Waals surface area contributed by atoms with Crippen molar-refractivity contribution in [3.05, 3.63) is 48.0 Å². The molecule has 2 aromatic carbocycles. The third-order valence-electron chi connectivity index (χ3n) is 6.99. The Hall–Kier alpha value is -2.63. The first-order chi connectivity index (χ1) is 17.9. The average molecular weight is 564 g/mol. The minimum Gasteiger partial charge on any atom is -0.369 e.